The molecule has 1 N–H and O–H groups in total. The second-order valence-electron chi connectivity index (χ2n) is 7.35. The number of ketones is 1. The third-order valence-electron chi connectivity index (χ3n) is 5.23. The SMILES string of the molecule is O=C(CCC(O)CN1Cc2ccccc2C1)c1cccc(-c2ccccn2)c1. The quantitative estimate of drug-likeness (QED) is 0.635. The zero-order chi connectivity index (χ0) is 19.3. The van der Waals surface area contributed by atoms with Gasteiger partial charge in [0.25, 0.3) is 0 Å². The first-order valence-corrected chi connectivity index (χ1v) is 9.71. The Morgan fingerprint density at radius 3 is 2.46 bits per heavy atom. The number of aliphatic hydroxyl groups is 1. The number of hydrogen-bond donors (Lipinski definition) is 1. The van der Waals surface area contributed by atoms with Crippen LogP contribution < -0.4 is 0 Å². The molecule has 4 rings (SSSR count). The number of aliphatic hydroxyl groups excluding tert-OH is 1. The summed E-state index contributed by atoms with van der Waals surface area (Å²) in [5, 5.41) is 10.4. The molecule has 1 aliphatic rings. The molecular formula is C24H24N2O2. The van der Waals surface area contributed by atoms with E-state index in [9.17, 15) is 9.90 Å². The van der Waals surface area contributed by atoms with E-state index in [1.807, 2.05) is 42.5 Å². The molecule has 0 aliphatic carbocycles. The number of hydrogen-bond acceptors (Lipinski definition) is 4. The number of β-amino-alcohol motifs (C(OH)–C–C–N with tert-alkyl or cyclic N) is 1. The number of carbonyl (C=O) groups is 1. The van der Waals surface area contributed by atoms with Gasteiger partial charge in [0.15, 0.2) is 5.78 Å². The number of benzene rings is 2. The van der Waals surface area contributed by atoms with Crippen LogP contribution in [0.5, 0.6) is 0 Å². The molecule has 4 nitrogen and oxygen atoms in total. The lowest BCUT2D eigenvalue weighted by Gasteiger charge is -2.19. The predicted octanol–water partition coefficient (Wildman–Crippen LogP) is 4.09. The zero-order valence-electron chi connectivity index (χ0n) is 15.8. The Morgan fingerprint density at radius 2 is 1.75 bits per heavy atom. The van der Waals surface area contributed by atoms with Crippen LogP contribution in [0.3, 0.4) is 0 Å². The molecule has 0 saturated heterocycles. The molecule has 0 fully saturated rings. The van der Waals surface area contributed by atoms with Gasteiger partial charge in [0.2, 0.25) is 0 Å². The van der Waals surface area contributed by atoms with Crippen LogP contribution >= 0.6 is 0 Å². The van der Waals surface area contributed by atoms with Crippen molar-refractivity contribution in [2.45, 2.75) is 32.0 Å². The topological polar surface area (TPSA) is 53.4 Å². The highest BCUT2D eigenvalue weighted by atomic mass is 16.3. The highest BCUT2D eigenvalue weighted by molar-refractivity contribution is 5.97. The van der Waals surface area contributed by atoms with Gasteiger partial charge in [0, 0.05) is 43.4 Å². The van der Waals surface area contributed by atoms with E-state index in [2.05, 4.69) is 34.1 Å². The van der Waals surface area contributed by atoms with Gasteiger partial charge in [-0.1, -0.05) is 48.5 Å². The first-order valence-electron chi connectivity index (χ1n) is 9.71. The first-order chi connectivity index (χ1) is 13.7. The van der Waals surface area contributed by atoms with Crippen molar-refractivity contribution in [3.05, 3.63) is 89.6 Å². The van der Waals surface area contributed by atoms with Crippen molar-refractivity contribution in [3.8, 4) is 11.3 Å². The van der Waals surface area contributed by atoms with Gasteiger partial charge in [0.05, 0.1) is 11.8 Å². The van der Waals surface area contributed by atoms with E-state index in [1.165, 1.54) is 11.1 Å². The van der Waals surface area contributed by atoms with E-state index in [0.29, 0.717) is 24.9 Å². The van der Waals surface area contributed by atoms with Gasteiger partial charge in [-0.05, 0) is 35.7 Å². The number of Topliss-reactive ketones (excluding diaryl/α,β-unsaturated/α-hetero) is 1. The number of pyridine rings is 1. The van der Waals surface area contributed by atoms with E-state index in [0.717, 1.165) is 24.3 Å². The summed E-state index contributed by atoms with van der Waals surface area (Å²) >= 11 is 0. The highest BCUT2D eigenvalue weighted by Crippen LogP contribution is 2.23. The molecule has 4 heteroatoms. The maximum absolute atomic E-state index is 12.6. The Morgan fingerprint density at radius 1 is 1.00 bits per heavy atom. The summed E-state index contributed by atoms with van der Waals surface area (Å²) < 4.78 is 0. The van der Waals surface area contributed by atoms with Gasteiger partial charge in [0.1, 0.15) is 0 Å². The van der Waals surface area contributed by atoms with E-state index >= 15 is 0 Å². The van der Waals surface area contributed by atoms with Gasteiger partial charge in [-0.2, -0.15) is 0 Å². The van der Waals surface area contributed by atoms with Gasteiger partial charge in [-0.3, -0.25) is 14.7 Å². The Bertz CT molecular complexity index is 931. The van der Waals surface area contributed by atoms with Crippen LogP contribution in [0.15, 0.2) is 72.9 Å². The van der Waals surface area contributed by atoms with Crippen LogP contribution in [-0.4, -0.2) is 33.4 Å². The average molecular weight is 372 g/mol. The number of aromatic nitrogens is 1. The van der Waals surface area contributed by atoms with E-state index < -0.39 is 6.10 Å². The van der Waals surface area contributed by atoms with Crippen LogP contribution in [-0.2, 0) is 13.1 Å². The van der Waals surface area contributed by atoms with Crippen molar-refractivity contribution in [1.29, 1.82) is 0 Å². The molecule has 0 amide bonds. The highest BCUT2D eigenvalue weighted by Gasteiger charge is 2.21. The molecule has 2 heterocycles. The molecular weight excluding hydrogens is 348 g/mol. The Hall–Kier alpha value is -2.82. The molecule has 1 aromatic heterocycles. The van der Waals surface area contributed by atoms with Crippen molar-refractivity contribution in [2.24, 2.45) is 0 Å². The molecule has 2 aromatic carbocycles. The monoisotopic (exact) mass is 372 g/mol. The molecule has 142 valence electrons. The van der Waals surface area contributed by atoms with Gasteiger partial charge >= 0.3 is 0 Å². The van der Waals surface area contributed by atoms with Crippen molar-refractivity contribution in [3.63, 3.8) is 0 Å². The van der Waals surface area contributed by atoms with Crippen LogP contribution in [0.1, 0.15) is 34.3 Å². The van der Waals surface area contributed by atoms with Crippen LogP contribution in [0, 0.1) is 0 Å². The number of carbonyl (C=O) groups excluding carboxylic acids is 1. The summed E-state index contributed by atoms with van der Waals surface area (Å²) in [6.07, 6.45) is 2.06. The molecule has 28 heavy (non-hydrogen) atoms. The van der Waals surface area contributed by atoms with E-state index in [1.54, 1.807) is 6.20 Å². The minimum absolute atomic E-state index is 0.0570. The minimum atomic E-state index is -0.503. The molecule has 1 atom stereocenters. The van der Waals surface area contributed by atoms with Gasteiger partial charge < -0.3 is 5.11 Å². The minimum Gasteiger partial charge on any atom is -0.392 e. The number of nitrogens with zero attached hydrogens (tertiary/aromatic N) is 2. The largest absolute Gasteiger partial charge is 0.392 e. The number of rotatable bonds is 7. The van der Waals surface area contributed by atoms with E-state index in [-0.39, 0.29) is 5.78 Å². The molecule has 1 unspecified atom stereocenters. The van der Waals surface area contributed by atoms with Crippen molar-refractivity contribution in [2.75, 3.05) is 6.54 Å². The third kappa shape index (κ3) is 4.35. The fourth-order valence-electron chi connectivity index (χ4n) is 3.75. The summed E-state index contributed by atoms with van der Waals surface area (Å²) in [5.74, 6) is 0.0570. The molecule has 0 spiro atoms. The van der Waals surface area contributed by atoms with Crippen molar-refractivity contribution >= 4 is 5.78 Å². The summed E-state index contributed by atoms with van der Waals surface area (Å²) in [5.41, 5.74) is 5.12. The second kappa shape index (κ2) is 8.46. The van der Waals surface area contributed by atoms with Crippen LogP contribution in [0.4, 0.5) is 0 Å². The molecule has 1 aliphatic heterocycles. The Labute approximate surface area is 165 Å². The zero-order valence-corrected chi connectivity index (χ0v) is 15.8. The Balaban J connectivity index is 1.31. The lowest BCUT2D eigenvalue weighted by Crippen LogP contribution is -2.28. The smallest absolute Gasteiger partial charge is 0.162 e. The maximum Gasteiger partial charge on any atom is 0.162 e. The summed E-state index contributed by atoms with van der Waals surface area (Å²) in [6.45, 7) is 2.33. The standard InChI is InChI=1S/C24H24N2O2/c27-22(17-26-15-20-6-1-2-7-21(20)16-26)11-12-24(28)19-9-5-8-18(14-19)23-10-3-4-13-25-23/h1-10,13-14,22,27H,11-12,15-17H2. The Kier molecular flexibility index (Phi) is 5.60. The van der Waals surface area contributed by atoms with Crippen LogP contribution in [0.25, 0.3) is 11.3 Å². The first kappa shape index (κ1) is 18.5. The third-order valence-corrected chi connectivity index (χ3v) is 5.23. The van der Waals surface area contributed by atoms with Crippen molar-refractivity contribution in [1.82, 2.24) is 9.88 Å². The fourth-order valence-corrected chi connectivity index (χ4v) is 3.75. The fraction of sp³-hybridized carbons (Fsp3) is 0.250. The second-order valence-corrected chi connectivity index (χ2v) is 7.35. The maximum atomic E-state index is 12.6. The molecule has 3 aromatic rings. The van der Waals surface area contributed by atoms with Gasteiger partial charge in [-0.25, -0.2) is 0 Å². The number of fused-ring (bicyclic) bond motifs is 1. The van der Waals surface area contributed by atoms with Gasteiger partial charge in [-0.15, -0.1) is 0 Å². The van der Waals surface area contributed by atoms with Crippen molar-refractivity contribution < 1.29 is 9.90 Å². The van der Waals surface area contributed by atoms with Crippen LogP contribution in [0.2, 0.25) is 0 Å². The summed E-state index contributed by atoms with van der Waals surface area (Å²) in [6, 6.07) is 21.7. The molecule has 0 bridgehead atoms. The summed E-state index contributed by atoms with van der Waals surface area (Å²) in [7, 11) is 0. The summed E-state index contributed by atoms with van der Waals surface area (Å²) in [4.78, 5) is 19.2. The van der Waals surface area contributed by atoms with E-state index in [4.69, 9.17) is 0 Å². The predicted molar refractivity (Wildman–Crippen MR) is 110 cm³/mol. The lowest BCUT2D eigenvalue weighted by atomic mass is 10.0. The lowest BCUT2D eigenvalue weighted by molar-refractivity contribution is 0.0857. The molecule has 0 saturated carbocycles. The average Bonchev–Trinajstić information content (AvgIpc) is 3.15. The molecule has 0 radical (unpaired) electrons. The normalized spacial score (nSPS) is 14.6.